The van der Waals surface area contributed by atoms with Crippen molar-refractivity contribution in [3.05, 3.63) is 56.8 Å². The molecule has 98 valence electrons. The molecule has 0 aliphatic rings. The Labute approximate surface area is 125 Å². The average molecular weight is 340 g/mol. The zero-order chi connectivity index (χ0) is 14.0. The van der Waals surface area contributed by atoms with Gasteiger partial charge in [0.05, 0.1) is 16.3 Å². The summed E-state index contributed by atoms with van der Waals surface area (Å²) in [6.07, 6.45) is 3.00. The summed E-state index contributed by atoms with van der Waals surface area (Å²) < 4.78 is 0.846. The topological polar surface area (TPSA) is 42.0 Å². The molecule has 1 aromatic heterocycles. The summed E-state index contributed by atoms with van der Waals surface area (Å²) in [5.74, 6) is -0.272. The lowest BCUT2D eigenvalue weighted by molar-refractivity contribution is 0.102. The van der Waals surface area contributed by atoms with Gasteiger partial charge in [-0.2, -0.15) is 0 Å². The number of carbonyl (C=O) groups is 1. The van der Waals surface area contributed by atoms with Gasteiger partial charge in [0.25, 0.3) is 5.91 Å². The van der Waals surface area contributed by atoms with Crippen LogP contribution in [0.25, 0.3) is 0 Å². The summed E-state index contributed by atoms with van der Waals surface area (Å²) in [5.41, 5.74) is 3.22. The van der Waals surface area contributed by atoms with Crippen molar-refractivity contribution in [3.63, 3.8) is 0 Å². The molecule has 3 nitrogen and oxygen atoms in total. The van der Waals surface area contributed by atoms with Crippen LogP contribution in [0.3, 0.4) is 0 Å². The van der Waals surface area contributed by atoms with Gasteiger partial charge in [0.15, 0.2) is 0 Å². The lowest BCUT2D eigenvalue weighted by atomic mass is 10.1. The van der Waals surface area contributed by atoms with E-state index < -0.39 is 0 Å². The van der Waals surface area contributed by atoms with Gasteiger partial charge in [-0.1, -0.05) is 17.7 Å². The minimum Gasteiger partial charge on any atom is -0.321 e. The summed E-state index contributed by atoms with van der Waals surface area (Å²) in [5, 5.41) is 3.24. The highest BCUT2D eigenvalue weighted by atomic mass is 79.9. The number of pyridine rings is 1. The molecule has 0 unspecified atom stereocenters. The standard InChI is InChI=1S/C14H12BrClN2O/c1-8-5-9(2)13(11(15)6-8)18-14(19)10-7-17-4-3-12(10)16/h3-7H,1-2H3,(H,18,19). The molecule has 1 amide bonds. The molecule has 0 saturated heterocycles. The van der Waals surface area contributed by atoms with Crippen molar-refractivity contribution in [1.82, 2.24) is 4.98 Å². The number of rotatable bonds is 2. The molecule has 0 saturated carbocycles. The van der Waals surface area contributed by atoms with Crippen LogP contribution < -0.4 is 5.32 Å². The molecule has 19 heavy (non-hydrogen) atoms. The Balaban J connectivity index is 2.32. The molecule has 0 spiro atoms. The number of benzene rings is 1. The number of halogens is 2. The second kappa shape index (κ2) is 5.72. The van der Waals surface area contributed by atoms with Gasteiger partial charge >= 0.3 is 0 Å². The van der Waals surface area contributed by atoms with Crippen molar-refractivity contribution in [2.75, 3.05) is 5.32 Å². The third-order valence-electron chi connectivity index (χ3n) is 2.68. The summed E-state index contributed by atoms with van der Waals surface area (Å²) in [4.78, 5) is 16.1. The summed E-state index contributed by atoms with van der Waals surface area (Å²) in [7, 11) is 0. The number of anilines is 1. The molecule has 0 fully saturated rings. The van der Waals surface area contributed by atoms with Crippen molar-refractivity contribution in [2.45, 2.75) is 13.8 Å². The first-order chi connectivity index (χ1) is 8.99. The fourth-order valence-electron chi connectivity index (χ4n) is 1.80. The molecule has 1 heterocycles. The van der Waals surface area contributed by atoms with Gasteiger partial charge in [0.2, 0.25) is 0 Å². The molecule has 2 rings (SSSR count). The minimum atomic E-state index is -0.272. The highest BCUT2D eigenvalue weighted by molar-refractivity contribution is 9.10. The van der Waals surface area contributed by atoms with Gasteiger partial charge < -0.3 is 5.32 Å². The SMILES string of the molecule is Cc1cc(C)c(NC(=O)c2cnccc2Cl)c(Br)c1. The zero-order valence-corrected chi connectivity index (χ0v) is 12.8. The summed E-state index contributed by atoms with van der Waals surface area (Å²) >= 11 is 9.43. The van der Waals surface area contributed by atoms with E-state index in [-0.39, 0.29) is 5.91 Å². The third-order valence-corrected chi connectivity index (χ3v) is 3.64. The van der Waals surface area contributed by atoms with E-state index in [1.165, 1.54) is 6.20 Å². The predicted octanol–water partition coefficient (Wildman–Crippen LogP) is 4.37. The zero-order valence-electron chi connectivity index (χ0n) is 10.5. The maximum atomic E-state index is 12.2. The number of hydrogen-bond acceptors (Lipinski definition) is 2. The van der Waals surface area contributed by atoms with Gasteiger partial charge in [0, 0.05) is 16.9 Å². The van der Waals surface area contributed by atoms with Gasteiger partial charge in [-0.25, -0.2) is 0 Å². The van der Waals surface area contributed by atoms with Gasteiger partial charge in [0.1, 0.15) is 0 Å². The first-order valence-electron chi connectivity index (χ1n) is 5.66. The minimum absolute atomic E-state index is 0.272. The molecule has 1 N–H and O–H groups in total. The molecule has 0 radical (unpaired) electrons. The highest BCUT2D eigenvalue weighted by Gasteiger charge is 2.13. The van der Waals surface area contributed by atoms with E-state index >= 15 is 0 Å². The average Bonchev–Trinajstić information content (AvgIpc) is 2.34. The van der Waals surface area contributed by atoms with E-state index in [1.807, 2.05) is 26.0 Å². The van der Waals surface area contributed by atoms with Crippen molar-refractivity contribution in [3.8, 4) is 0 Å². The van der Waals surface area contributed by atoms with Crippen molar-refractivity contribution >= 4 is 39.1 Å². The van der Waals surface area contributed by atoms with Crippen molar-refractivity contribution in [1.29, 1.82) is 0 Å². The molecule has 5 heteroatoms. The Bertz CT molecular complexity index is 620. The van der Waals surface area contributed by atoms with Crippen LogP contribution in [0, 0.1) is 13.8 Å². The molecule has 0 bridgehead atoms. The van der Waals surface area contributed by atoms with Gasteiger partial charge in [-0.05, 0) is 53.0 Å². The number of aromatic nitrogens is 1. The van der Waals surface area contributed by atoms with Gasteiger partial charge in [-0.15, -0.1) is 0 Å². The second-order valence-corrected chi connectivity index (χ2v) is 5.51. The van der Waals surface area contributed by atoms with Crippen molar-refractivity contribution < 1.29 is 4.79 Å². The Morgan fingerprint density at radius 2 is 2.11 bits per heavy atom. The number of aryl methyl sites for hydroxylation is 2. The van der Waals surface area contributed by atoms with Crippen LogP contribution in [0.15, 0.2) is 35.1 Å². The number of nitrogens with one attached hydrogen (secondary N) is 1. The fraction of sp³-hybridized carbons (Fsp3) is 0.143. The van der Waals surface area contributed by atoms with E-state index in [2.05, 4.69) is 26.2 Å². The lowest BCUT2D eigenvalue weighted by Gasteiger charge is -2.12. The van der Waals surface area contributed by atoms with E-state index in [4.69, 9.17) is 11.6 Å². The Hall–Kier alpha value is -1.39. The van der Waals surface area contributed by atoms with Crippen LogP contribution in [-0.4, -0.2) is 10.9 Å². The second-order valence-electron chi connectivity index (χ2n) is 4.25. The normalized spacial score (nSPS) is 10.3. The number of nitrogens with zero attached hydrogens (tertiary/aromatic N) is 1. The number of hydrogen-bond donors (Lipinski definition) is 1. The van der Waals surface area contributed by atoms with Crippen LogP contribution in [-0.2, 0) is 0 Å². The molecular weight excluding hydrogens is 328 g/mol. The smallest absolute Gasteiger partial charge is 0.258 e. The maximum Gasteiger partial charge on any atom is 0.258 e. The first-order valence-corrected chi connectivity index (χ1v) is 6.83. The molecule has 0 aliphatic heterocycles. The number of carbonyl (C=O) groups excluding carboxylic acids is 1. The Morgan fingerprint density at radius 1 is 1.37 bits per heavy atom. The Morgan fingerprint density at radius 3 is 2.74 bits per heavy atom. The van der Waals surface area contributed by atoms with E-state index in [1.54, 1.807) is 12.3 Å². The molecule has 0 aliphatic carbocycles. The molecule has 1 aromatic carbocycles. The van der Waals surface area contributed by atoms with Crippen molar-refractivity contribution in [2.24, 2.45) is 0 Å². The van der Waals surface area contributed by atoms with Crippen LogP contribution in [0.1, 0.15) is 21.5 Å². The summed E-state index contributed by atoms with van der Waals surface area (Å²) in [6.45, 7) is 3.94. The van der Waals surface area contributed by atoms with E-state index in [0.29, 0.717) is 10.6 Å². The van der Waals surface area contributed by atoms with E-state index in [0.717, 1.165) is 21.3 Å². The van der Waals surface area contributed by atoms with Crippen LogP contribution in [0.2, 0.25) is 5.02 Å². The van der Waals surface area contributed by atoms with Crippen LogP contribution >= 0.6 is 27.5 Å². The maximum absolute atomic E-state index is 12.2. The van der Waals surface area contributed by atoms with Gasteiger partial charge in [-0.3, -0.25) is 9.78 Å². The van der Waals surface area contributed by atoms with E-state index in [9.17, 15) is 4.79 Å². The van der Waals surface area contributed by atoms with Crippen LogP contribution in [0.5, 0.6) is 0 Å². The van der Waals surface area contributed by atoms with Crippen LogP contribution in [0.4, 0.5) is 5.69 Å². The summed E-state index contributed by atoms with van der Waals surface area (Å²) in [6, 6.07) is 5.55. The quantitative estimate of drug-likeness (QED) is 0.883. The fourth-order valence-corrected chi connectivity index (χ4v) is 2.76. The Kier molecular flexibility index (Phi) is 4.22. The monoisotopic (exact) mass is 338 g/mol. The number of amides is 1. The first kappa shape index (κ1) is 14.0. The molecular formula is C14H12BrClN2O. The predicted molar refractivity (Wildman–Crippen MR) is 80.8 cm³/mol. The molecule has 2 aromatic rings. The lowest BCUT2D eigenvalue weighted by Crippen LogP contribution is -2.14. The molecule has 0 atom stereocenters. The highest BCUT2D eigenvalue weighted by Crippen LogP contribution is 2.28. The third kappa shape index (κ3) is 3.14. The largest absolute Gasteiger partial charge is 0.321 e.